The Bertz CT molecular complexity index is 1260. The smallest absolute Gasteiger partial charge is 0.312 e. The van der Waals surface area contributed by atoms with Gasteiger partial charge in [0.25, 0.3) is 8.32 Å². The van der Waals surface area contributed by atoms with Crippen LogP contribution >= 0.6 is 0 Å². The molecule has 0 aromatic heterocycles. The molecule has 2 aromatic rings. The molecule has 2 aromatic carbocycles. The molecular formula is C36H52O6Si2. The van der Waals surface area contributed by atoms with Gasteiger partial charge in [-0.05, 0) is 52.8 Å². The quantitative estimate of drug-likeness (QED) is 0.155. The van der Waals surface area contributed by atoms with Crippen LogP contribution in [0.25, 0.3) is 0 Å². The number of ether oxygens (including phenoxy) is 1. The van der Waals surface area contributed by atoms with Crippen LogP contribution in [0, 0.1) is 17.8 Å². The van der Waals surface area contributed by atoms with Crippen LogP contribution in [0.2, 0.25) is 23.2 Å². The van der Waals surface area contributed by atoms with E-state index in [9.17, 15) is 14.7 Å². The van der Waals surface area contributed by atoms with Gasteiger partial charge in [0, 0.05) is 12.5 Å². The van der Waals surface area contributed by atoms with Gasteiger partial charge in [-0.25, -0.2) is 0 Å². The molecule has 0 heterocycles. The van der Waals surface area contributed by atoms with Crippen molar-refractivity contribution in [3.05, 3.63) is 73.3 Å². The number of ketones is 1. The lowest BCUT2D eigenvalue weighted by molar-refractivity contribution is -0.170. The van der Waals surface area contributed by atoms with Crippen molar-refractivity contribution in [1.82, 2.24) is 0 Å². The fourth-order valence-corrected chi connectivity index (χ4v) is 16.0. The first kappa shape index (κ1) is 34.5. The van der Waals surface area contributed by atoms with Crippen molar-refractivity contribution >= 4 is 38.8 Å². The second kappa shape index (κ2) is 13.2. The molecule has 2 aliphatic rings. The van der Waals surface area contributed by atoms with Gasteiger partial charge in [0.1, 0.15) is 5.60 Å². The van der Waals surface area contributed by atoms with E-state index in [1.54, 1.807) is 6.08 Å². The van der Waals surface area contributed by atoms with Crippen molar-refractivity contribution < 1.29 is 28.3 Å². The normalized spacial score (nSPS) is 26.0. The Balaban J connectivity index is 1.73. The van der Waals surface area contributed by atoms with Crippen molar-refractivity contribution in [1.29, 1.82) is 0 Å². The third-order valence-electron chi connectivity index (χ3n) is 10.9. The predicted molar refractivity (Wildman–Crippen MR) is 181 cm³/mol. The minimum atomic E-state index is -2.89. The second-order valence-electron chi connectivity index (χ2n) is 13.7. The highest BCUT2D eigenvalue weighted by molar-refractivity contribution is 6.99. The predicted octanol–water partition coefficient (Wildman–Crippen LogP) is 6.03. The zero-order valence-corrected chi connectivity index (χ0v) is 29.7. The highest BCUT2D eigenvalue weighted by Crippen LogP contribution is 2.61. The molecule has 0 spiro atoms. The molecule has 8 heteroatoms. The summed E-state index contributed by atoms with van der Waals surface area (Å²) in [7, 11) is -3.77. The Morgan fingerprint density at radius 1 is 1.00 bits per heavy atom. The summed E-state index contributed by atoms with van der Waals surface area (Å²) < 4.78 is 19.4. The number of esters is 1. The topological polar surface area (TPSA) is 82.1 Å². The van der Waals surface area contributed by atoms with Gasteiger partial charge in [-0.1, -0.05) is 108 Å². The van der Waals surface area contributed by atoms with E-state index in [-0.39, 0.29) is 23.8 Å². The maximum atomic E-state index is 14.2. The molecule has 2 aliphatic carbocycles. The molecule has 0 aliphatic heterocycles. The van der Waals surface area contributed by atoms with Crippen LogP contribution < -0.4 is 10.4 Å². The van der Waals surface area contributed by atoms with Crippen LogP contribution in [0.15, 0.2) is 73.3 Å². The maximum Gasteiger partial charge on any atom is 0.312 e. The SMILES string of the molecule is C=C[C@]1(O[Si](CC)(CC)CC)[C@@H]2CC[C@H]1C(O)(C(CCO[Si](c1ccccc1)(c1ccccc1)C(C)(C)C)C(=O)OC)C2=O. The van der Waals surface area contributed by atoms with Crippen LogP contribution in [0.5, 0.6) is 0 Å². The van der Waals surface area contributed by atoms with Crippen molar-refractivity contribution in [2.75, 3.05) is 13.7 Å². The van der Waals surface area contributed by atoms with Gasteiger partial charge >= 0.3 is 5.97 Å². The lowest BCUT2D eigenvalue weighted by Crippen LogP contribution is -2.66. The number of carbonyl (C=O) groups is 2. The van der Waals surface area contributed by atoms with Gasteiger partial charge in [-0.15, -0.1) is 6.58 Å². The molecule has 2 fully saturated rings. The summed E-state index contributed by atoms with van der Waals surface area (Å²) in [4.78, 5) is 27.8. The molecular weight excluding hydrogens is 585 g/mol. The molecule has 6 nitrogen and oxygen atoms in total. The Labute approximate surface area is 266 Å². The molecule has 5 atom stereocenters. The highest BCUT2D eigenvalue weighted by Gasteiger charge is 2.74. The Kier molecular flexibility index (Phi) is 10.3. The Hall–Kier alpha value is -2.37. The lowest BCUT2D eigenvalue weighted by atomic mass is 9.72. The molecule has 0 radical (unpaired) electrons. The van der Waals surface area contributed by atoms with Gasteiger partial charge < -0.3 is 18.7 Å². The fraction of sp³-hybridized carbons (Fsp3) is 0.556. The number of Topliss-reactive ketones (excluding diaryl/α,β-unsaturated/α-hetero) is 1. The average Bonchev–Trinajstić information content (AvgIpc) is 3.48. The second-order valence-corrected chi connectivity index (χ2v) is 22.6. The van der Waals surface area contributed by atoms with E-state index in [1.165, 1.54) is 7.11 Å². The van der Waals surface area contributed by atoms with E-state index in [1.807, 2.05) is 36.4 Å². The van der Waals surface area contributed by atoms with Crippen LogP contribution in [0.4, 0.5) is 0 Å². The minimum absolute atomic E-state index is 0.147. The largest absolute Gasteiger partial charge is 0.469 e. The van der Waals surface area contributed by atoms with E-state index in [2.05, 4.69) is 72.4 Å². The van der Waals surface area contributed by atoms with Gasteiger partial charge in [-0.2, -0.15) is 0 Å². The number of carbonyl (C=O) groups excluding carboxylic acids is 2. The van der Waals surface area contributed by atoms with Crippen molar-refractivity contribution in [2.24, 2.45) is 17.8 Å². The summed E-state index contributed by atoms with van der Waals surface area (Å²) in [6.45, 7) is 17.4. The zero-order valence-electron chi connectivity index (χ0n) is 27.7. The third-order valence-corrected chi connectivity index (χ3v) is 20.6. The summed E-state index contributed by atoms with van der Waals surface area (Å²) in [6, 6.07) is 23.3. The maximum absolute atomic E-state index is 14.2. The number of fused-ring (bicyclic) bond motifs is 2. The third kappa shape index (κ3) is 5.40. The Morgan fingerprint density at radius 2 is 1.52 bits per heavy atom. The van der Waals surface area contributed by atoms with Crippen molar-refractivity contribution in [2.45, 2.75) is 95.2 Å². The molecule has 240 valence electrons. The highest BCUT2D eigenvalue weighted by atomic mass is 28.4. The molecule has 0 saturated heterocycles. The molecule has 44 heavy (non-hydrogen) atoms. The van der Waals surface area contributed by atoms with E-state index in [0.29, 0.717) is 12.8 Å². The van der Waals surface area contributed by atoms with Crippen LogP contribution in [0.1, 0.15) is 60.8 Å². The zero-order chi connectivity index (χ0) is 32.4. The number of benzene rings is 2. The molecule has 1 N–H and O–H groups in total. The molecule has 4 rings (SSSR count). The van der Waals surface area contributed by atoms with Crippen LogP contribution in [-0.2, 0) is 23.2 Å². The van der Waals surface area contributed by atoms with E-state index in [4.69, 9.17) is 13.6 Å². The van der Waals surface area contributed by atoms with Crippen molar-refractivity contribution in [3.63, 3.8) is 0 Å². The number of aliphatic hydroxyl groups is 1. The van der Waals surface area contributed by atoms with E-state index in [0.717, 1.165) is 28.5 Å². The van der Waals surface area contributed by atoms with Gasteiger partial charge in [-0.3, -0.25) is 9.59 Å². The molecule has 2 saturated carbocycles. The van der Waals surface area contributed by atoms with E-state index >= 15 is 0 Å². The average molecular weight is 637 g/mol. The molecule has 2 unspecified atom stereocenters. The Morgan fingerprint density at radius 3 is 1.95 bits per heavy atom. The first-order valence-electron chi connectivity index (χ1n) is 16.3. The van der Waals surface area contributed by atoms with Gasteiger partial charge in [0.15, 0.2) is 14.1 Å². The fourth-order valence-electron chi connectivity index (χ4n) is 8.35. The molecule has 0 amide bonds. The lowest BCUT2D eigenvalue weighted by Gasteiger charge is -2.44. The van der Waals surface area contributed by atoms with E-state index < -0.39 is 51.6 Å². The summed E-state index contributed by atoms with van der Waals surface area (Å²) in [5.41, 5.74) is -2.90. The van der Waals surface area contributed by atoms with Gasteiger partial charge in [0.2, 0.25) is 0 Å². The first-order valence-corrected chi connectivity index (χ1v) is 20.7. The van der Waals surface area contributed by atoms with Crippen LogP contribution in [0.3, 0.4) is 0 Å². The molecule has 2 bridgehead atoms. The number of hydrogen-bond donors (Lipinski definition) is 1. The minimum Gasteiger partial charge on any atom is -0.469 e. The number of methoxy groups -OCH3 is 1. The number of hydrogen-bond acceptors (Lipinski definition) is 6. The summed E-state index contributed by atoms with van der Waals surface area (Å²) in [5, 5.41) is 14.5. The monoisotopic (exact) mass is 636 g/mol. The van der Waals surface area contributed by atoms with Crippen molar-refractivity contribution in [3.8, 4) is 0 Å². The van der Waals surface area contributed by atoms with Gasteiger partial charge in [0.05, 0.1) is 24.5 Å². The van der Waals surface area contributed by atoms with Crippen LogP contribution in [-0.4, -0.2) is 58.4 Å². The summed E-state index contributed by atoms with van der Waals surface area (Å²) in [6.07, 6.45) is 3.12. The first-order chi connectivity index (χ1) is 20.9. The summed E-state index contributed by atoms with van der Waals surface area (Å²) in [5.74, 6) is -3.10. The standard InChI is InChI=1S/C36H52O6Si2/c1-9-35(42-43(10-2,11-3)12-4)29-23-24-31(35)36(39,32(29)37)30(33(38)40-8)25-26-41-44(34(5,6)7,27-19-15-13-16-20-27)28-21-17-14-18-22-28/h9,13-22,29-31,39H,1,10-12,23-26H2,2-8H3/t29-,30?,31-,35+,36?/m1/s1. The summed E-state index contributed by atoms with van der Waals surface area (Å²) >= 11 is 0. The number of rotatable bonds is 14.